The molecule has 1 fully saturated rings. The van der Waals surface area contributed by atoms with E-state index in [2.05, 4.69) is 25.6 Å². The molecular weight excluding hydrogens is 440 g/mol. The first-order chi connectivity index (χ1) is 15.0. The number of ether oxygens (including phenoxy) is 2. The summed E-state index contributed by atoms with van der Waals surface area (Å²) in [5.74, 6) is 4.09. The summed E-state index contributed by atoms with van der Waals surface area (Å²) in [6, 6.07) is 3.55. The highest BCUT2D eigenvalue weighted by Crippen LogP contribution is 2.41. The monoisotopic (exact) mass is 458 g/mol. The number of hydrogen-bond donors (Lipinski definition) is 2. The number of nitrogens with zero attached hydrogens (tertiary/aromatic N) is 4. The minimum atomic E-state index is -3.30. The number of aromatic nitrogens is 4. The van der Waals surface area contributed by atoms with Gasteiger partial charge in [-0.05, 0) is 18.9 Å². The SMILES string of the molecule is C#Cc1cc2c(cc1Sc1nc3c(N)ncnc3n1CCNS(=O)(=O)C1CC1)OCO2. The van der Waals surface area contributed by atoms with E-state index in [-0.39, 0.29) is 24.4 Å². The van der Waals surface area contributed by atoms with Crippen molar-refractivity contribution in [3.05, 3.63) is 24.0 Å². The molecule has 2 aromatic heterocycles. The number of nitrogen functional groups attached to an aromatic ring is 1. The van der Waals surface area contributed by atoms with Crippen molar-refractivity contribution in [3.63, 3.8) is 0 Å². The normalized spacial score (nSPS) is 15.3. The second-order valence-electron chi connectivity index (χ2n) is 7.06. The molecule has 0 atom stereocenters. The lowest BCUT2D eigenvalue weighted by molar-refractivity contribution is 0.174. The molecule has 0 radical (unpaired) electrons. The maximum atomic E-state index is 12.2. The van der Waals surface area contributed by atoms with Crippen molar-refractivity contribution in [3.8, 4) is 23.8 Å². The van der Waals surface area contributed by atoms with Gasteiger partial charge in [0.1, 0.15) is 6.33 Å². The summed E-state index contributed by atoms with van der Waals surface area (Å²) in [4.78, 5) is 13.6. The van der Waals surface area contributed by atoms with Crippen LogP contribution in [-0.4, -0.2) is 46.5 Å². The Balaban J connectivity index is 1.49. The molecule has 2 aliphatic rings. The lowest BCUT2D eigenvalue weighted by atomic mass is 10.2. The molecule has 160 valence electrons. The van der Waals surface area contributed by atoms with E-state index in [1.807, 2.05) is 0 Å². The fraction of sp³-hybridized carbons (Fsp3) is 0.316. The second kappa shape index (κ2) is 7.60. The summed E-state index contributed by atoms with van der Waals surface area (Å²) in [5.41, 5.74) is 7.58. The van der Waals surface area contributed by atoms with E-state index < -0.39 is 10.0 Å². The van der Waals surface area contributed by atoms with Crippen LogP contribution in [-0.2, 0) is 16.6 Å². The van der Waals surface area contributed by atoms with Crippen LogP contribution in [0.1, 0.15) is 18.4 Å². The zero-order chi connectivity index (χ0) is 21.6. The summed E-state index contributed by atoms with van der Waals surface area (Å²) in [5, 5.41) is 0.272. The Hall–Kier alpha value is -3.01. The van der Waals surface area contributed by atoms with Crippen LogP contribution < -0.4 is 19.9 Å². The van der Waals surface area contributed by atoms with Gasteiger partial charge < -0.3 is 19.8 Å². The Bertz CT molecular complexity index is 1330. The first kappa shape index (κ1) is 19.9. The summed E-state index contributed by atoms with van der Waals surface area (Å²) in [6.07, 6.45) is 8.45. The van der Waals surface area contributed by atoms with Crippen molar-refractivity contribution in [2.75, 3.05) is 19.1 Å². The lowest BCUT2D eigenvalue weighted by Crippen LogP contribution is -2.30. The maximum absolute atomic E-state index is 12.2. The molecule has 0 spiro atoms. The van der Waals surface area contributed by atoms with Crippen LogP contribution in [0.5, 0.6) is 11.5 Å². The van der Waals surface area contributed by atoms with Crippen LogP contribution in [0.2, 0.25) is 0 Å². The lowest BCUT2D eigenvalue weighted by Gasteiger charge is -2.11. The van der Waals surface area contributed by atoms with Crippen LogP contribution in [0.15, 0.2) is 28.5 Å². The van der Waals surface area contributed by atoms with E-state index in [0.29, 0.717) is 52.8 Å². The largest absolute Gasteiger partial charge is 0.454 e. The minimum absolute atomic E-state index is 0.138. The van der Waals surface area contributed by atoms with Gasteiger partial charge in [-0.1, -0.05) is 17.7 Å². The van der Waals surface area contributed by atoms with Crippen molar-refractivity contribution in [2.24, 2.45) is 0 Å². The second-order valence-corrected chi connectivity index (χ2v) is 10.1. The molecule has 0 bridgehead atoms. The first-order valence-corrected chi connectivity index (χ1v) is 11.9. The van der Waals surface area contributed by atoms with E-state index >= 15 is 0 Å². The van der Waals surface area contributed by atoms with E-state index in [0.717, 1.165) is 4.90 Å². The highest BCUT2D eigenvalue weighted by atomic mass is 32.2. The molecule has 1 aromatic carbocycles. The van der Waals surface area contributed by atoms with E-state index in [4.69, 9.17) is 21.6 Å². The smallest absolute Gasteiger partial charge is 0.231 e. The number of anilines is 1. The summed E-state index contributed by atoms with van der Waals surface area (Å²) >= 11 is 1.32. The first-order valence-electron chi connectivity index (χ1n) is 9.49. The van der Waals surface area contributed by atoms with Gasteiger partial charge >= 0.3 is 0 Å². The molecule has 5 rings (SSSR count). The van der Waals surface area contributed by atoms with Gasteiger partial charge in [0.15, 0.2) is 33.6 Å². The molecule has 3 heterocycles. The predicted molar refractivity (Wildman–Crippen MR) is 114 cm³/mol. The number of nitrogens with one attached hydrogen (secondary N) is 1. The number of imidazole rings is 1. The van der Waals surface area contributed by atoms with Crippen LogP contribution in [0.25, 0.3) is 11.2 Å². The molecule has 3 aromatic rings. The van der Waals surface area contributed by atoms with Gasteiger partial charge in [-0.25, -0.2) is 28.1 Å². The number of sulfonamides is 1. The Morgan fingerprint density at radius 1 is 1.29 bits per heavy atom. The Kier molecular flexibility index (Phi) is 4.88. The highest BCUT2D eigenvalue weighted by Gasteiger charge is 2.35. The van der Waals surface area contributed by atoms with Crippen molar-refractivity contribution in [1.29, 1.82) is 0 Å². The summed E-state index contributed by atoms with van der Waals surface area (Å²) in [7, 11) is -3.30. The zero-order valence-electron chi connectivity index (χ0n) is 16.2. The topological polar surface area (TPSA) is 134 Å². The molecule has 1 saturated carbocycles. The van der Waals surface area contributed by atoms with E-state index in [1.165, 1.54) is 18.1 Å². The minimum Gasteiger partial charge on any atom is -0.454 e. The molecule has 1 aliphatic heterocycles. The maximum Gasteiger partial charge on any atom is 0.231 e. The van der Waals surface area contributed by atoms with Gasteiger partial charge in [0.25, 0.3) is 0 Å². The summed E-state index contributed by atoms with van der Waals surface area (Å²) in [6.45, 7) is 0.654. The van der Waals surface area contributed by atoms with E-state index in [9.17, 15) is 8.42 Å². The number of benzene rings is 1. The molecule has 12 heteroatoms. The molecule has 3 N–H and O–H groups in total. The average molecular weight is 459 g/mol. The Morgan fingerprint density at radius 3 is 2.81 bits per heavy atom. The molecule has 0 saturated heterocycles. The molecule has 10 nitrogen and oxygen atoms in total. The van der Waals surface area contributed by atoms with Crippen molar-refractivity contribution in [2.45, 2.75) is 34.7 Å². The third-order valence-corrected chi connectivity index (χ3v) is 7.97. The number of nitrogens with two attached hydrogens (primary N) is 1. The molecule has 0 unspecified atom stereocenters. The standard InChI is InChI=1S/C19H18N6O4S2/c1-2-11-7-13-14(29-10-28-13)8-15(11)30-19-24-16-17(20)21-9-22-18(16)25(19)6-5-23-31(26,27)12-3-4-12/h1,7-9,12,23H,3-6,10H2,(H2,20,21,22). The molecule has 31 heavy (non-hydrogen) atoms. The predicted octanol–water partition coefficient (Wildman–Crippen LogP) is 1.35. The van der Waals surface area contributed by atoms with Crippen molar-refractivity contribution >= 4 is 38.8 Å². The van der Waals surface area contributed by atoms with Crippen LogP contribution in [0, 0.1) is 12.3 Å². The van der Waals surface area contributed by atoms with Crippen LogP contribution in [0.4, 0.5) is 5.82 Å². The zero-order valence-corrected chi connectivity index (χ0v) is 17.9. The average Bonchev–Trinajstić information content (AvgIpc) is 3.43. The quantitative estimate of drug-likeness (QED) is 0.503. The van der Waals surface area contributed by atoms with Gasteiger partial charge in [0, 0.05) is 29.6 Å². The van der Waals surface area contributed by atoms with Crippen LogP contribution in [0.3, 0.4) is 0 Å². The van der Waals surface area contributed by atoms with Gasteiger partial charge in [-0.2, -0.15) is 0 Å². The molecular formula is C19H18N6O4S2. The number of terminal acetylenes is 1. The third-order valence-electron chi connectivity index (χ3n) is 4.96. The van der Waals surface area contributed by atoms with E-state index in [1.54, 1.807) is 16.7 Å². The van der Waals surface area contributed by atoms with Gasteiger partial charge in [0.05, 0.1) is 5.25 Å². The number of hydrogen-bond acceptors (Lipinski definition) is 9. The van der Waals surface area contributed by atoms with Gasteiger partial charge in [-0.3, -0.25) is 0 Å². The summed E-state index contributed by atoms with van der Waals surface area (Å²) < 4.78 is 39.7. The molecule has 1 aliphatic carbocycles. The Morgan fingerprint density at radius 2 is 2.06 bits per heavy atom. The van der Waals surface area contributed by atoms with Crippen molar-refractivity contribution < 1.29 is 17.9 Å². The number of rotatable bonds is 7. The number of fused-ring (bicyclic) bond motifs is 2. The van der Waals surface area contributed by atoms with Crippen LogP contribution >= 0.6 is 11.8 Å². The third kappa shape index (κ3) is 3.76. The highest BCUT2D eigenvalue weighted by molar-refractivity contribution is 7.99. The fourth-order valence-electron chi connectivity index (χ4n) is 3.23. The van der Waals surface area contributed by atoms with Gasteiger partial charge in [-0.15, -0.1) is 6.42 Å². The van der Waals surface area contributed by atoms with Crippen molar-refractivity contribution in [1.82, 2.24) is 24.2 Å². The Labute approximate surface area is 182 Å². The molecule has 0 amide bonds. The fourth-order valence-corrected chi connectivity index (χ4v) is 5.61. The van der Waals surface area contributed by atoms with Gasteiger partial charge in [0.2, 0.25) is 16.8 Å².